The summed E-state index contributed by atoms with van der Waals surface area (Å²) in [6.07, 6.45) is 1.18. The number of hydrogen-bond acceptors (Lipinski definition) is 3. The van der Waals surface area contributed by atoms with Gasteiger partial charge in [0.1, 0.15) is 0 Å². The molecule has 2 nitrogen and oxygen atoms in total. The smallest absolute Gasteiger partial charge is 0.338 e. The van der Waals surface area contributed by atoms with Gasteiger partial charge in [-0.25, -0.2) is 4.79 Å². The lowest BCUT2D eigenvalue weighted by Gasteiger charge is -2.35. The van der Waals surface area contributed by atoms with Crippen LogP contribution in [0.3, 0.4) is 0 Å². The standard InChI is InChI=1S/C23H24O2S/c1-5-25-22(24)19-11-8-17(9-12-19)6-7-18-10-13-21-20(14-18)23(3,4)15-16(2)26-21/h8-14,16H,5,15H2,1-4H3. The molecule has 1 atom stereocenters. The Bertz CT molecular complexity index is 869. The molecular formula is C23H24O2S. The predicted molar refractivity (Wildman–Crippen MR) is 108 cm³/mol. The van der Waals surface area contributed by atoms with E-state index in [2.05, 4.69) is 50.8 Å². The van der Waals surface area contributed by atoms with Crippen LogP contribution in [0, 0.1) is 11.8 Å². The molecular weight excluding hydrogens is 340 g/mol. The van der Waals surface area contributed by atoms with Crippen LogP contribution in [-0.4, -0.2) is 17.8 Å². The number of esters is 1. The highest BCUT2D eigenvalue weighted by molar-refractivity contribution is 8.00. The Labute approximate surface area is 160 Å². The molecule has 1 aliphatic rings. The van der Waals surface area contributed by atoms with Crippen LogP contribution in [0.15, 0.2) is 47.4 Å². The second kappa shape index (κ2) is 7.60. The molecule has 0 amide bonds. The van der Waals surface area contributed by atoms with E-state index in [0.717, 1.165) is 11.1 Å². The summed E-state index contributed by atoms with van der Waals surface area (Å²) in [5, 5.41) is 0.646. The first kappa shape index (κ1) is 18.6. The van der Waals surface area contributed by atoms with Gasteiger partial charge in [0.05, 0.1) is 12.2 Å². The molecule has 0 saturated heterocycles. The first-order valence-corrected chi connectivity index (χ1v) is 9.87. The van der Waals surface area contributed by atoms with Crippen molar-refractivity contribution in [3.8, 4) is 11.8 Å². The summed E-state index contributed by atoms with van der Waals surface area (Å²) >= 11 is 1.95. The molecule has 26 heavy (non-hydrogen) atoms. The van der Waals surface area contributed by atoms with Crippen molar-refractivity contribution in [1.29, 1.82) is 0 Å². The molecule has 0 saturated carbocycles. The average Bonchev–Trinajstić information content (AvgIpc) is 2.60. The van der Waals surface area contributed by atoms with E-state index >= 15 is 0 Å². The zero-order valence-corrected chi connectivity index (χ0v) is 16.6. The Morgan fingerprint density at radius 2 is 1.81 bits per heavy atom. The van der Waals surface area contributed by atoms with Crippen LogP contribution < -0.4 is 0 Å². The summed E-state index contributed by atoms with van der Waals surface area (Å²) in [7, 11) is 0. The van der Waals surface area contributed by atoms with Crippen molar-refractivity contribution in [1.82, 2.24) is 0 Å². The van der Waals surface area contributed by atoms with Crippen LogP contribution in [-0.2, 0) is 10.2 Å². The zero-order valence-electron chi connectivity index (χ0n) is 15.8. The molecule has 0 aliphatic carbocycles. The minimum atomic E-state index is -0.296. The number of thioether (sulfide) groups is 1. The van der Waals surface area contributed by atoms with Gasteiger partial charge in [0, 0.05) is 21.3 Å². The van der Waals surface area contributed by atoms with E-state index in [1.807, 2.05) is 23.9 Å². The maximum absolute atomic E-state index is 11.7. The lowest BCUT2D eigenvalue weighted by Crippen LogP contribution is -2.26. The fourth-order valence-electron chi connectivity index (χ4n) is 3.37. The molecule has 2 aromatic carbocycles. The van der Waals surface area contributed by atoms with Gasteiger partial charge in [0.25, 0.3) is 0 Å². The Morgan fingerprint density at radius 1 is 1.15 bits per heavy atom. The number of carbonyl (C=O) groups is 1. The number of fused-ring (bicyclic) bond motifs is 1. The molecule has 0 radical (unpaired) electrons. The highest BCUT2D eigenvalue weighted by atomic mass is 32.2. The van der Waals surface area contributed by atoms with Gasteiger partial charge in [0.15, 0.2) is 0 Å². The number of ether oxygens (including phenoxy) is 1. The van der Waals surface area contributed by atoms with Crippen LogP contribution in [0.25, 0.3) is 0 Å². The fraction of sp³-hybridized carbons (Fsp3) is 0.348. The van der Waals surface area contributed by atoms with Crippen molar-refractivity contribution in [3.05, 3.63) is 64.7 Å². The van der Waals surface area contributed by atoms with E-state index in [-0.39, 0.29) is 11.4 Å². The van der Waals surface area contributed by atoms with Crippen LogP contribution in [0.1, 0.15) is 61.2 Å². The minimum Gasteiger partial charge on any atom is -0.462 e. The molecule has 1 aliphatic heterocycles. The van der Waals surface area contributed by atoms with Gasteiger partial charge in [-0.05, 0) is 66.8 Å². The summed E-state index contributed by atoms with van der Waals surface area (Å²) < 4.78 is 5.00. The van der Waals surface area contributed by atoms with E-state index in [4.69, 9.17) is 4.74 Å². The molecule has 0 aromatic heterocycles. The molecule has 1 unspecified atom stereocenters. The van der Waals surface area contributed by atoms with E-state index < -0.39 is 0 Å². The molecule has 0 N–H and O–H groups in total. The van der Waals surface area contributed by atoms with Gasteiger partial charge in [-0.3, -0.25) is 0 Å². The quantitative estimate of drug-likeness (QED) is 0.525. The van der Waals surface area contributed by atoms with Crippen molar-refractivity contribution in [2.75, 3.05) is 6.61 Å². The number of hydrogen-bond donors (Lipinski definition) is 0. The number of benzene rings is 2. The molecule has 134 valence electrons. The summed E-state index contributed by atoms with van der Waals surface area (Å²) in [4.78, 5) is 13.1. The van der Waals surface area contributed by atoms with Crippen molar-refractivity contribution < 1.29 is 9.53 Å². The molecule has 2 aromatic rings. The van der Waals surface area contributed by atoms with Crippen molar-refractivity contribution in [2.45, 2.75) is 49.7 Å². The normalized spacial score (nSPS) is 17.6. The fourth-order valence-corrected chi connectivity index (χ4v) is 4.92. The maximum Gasteiger partial charge on any atom is 0.338 e. The van der Waals surface area contributed by atoms with E-state index in [9.17, 15) is 4.79 Å². The molecule has 0 spiro atoms. The molecule has 1 heterocycles. The topological polar surface area (TPSA) is 26.3 Å². The highest BCUT2D eigenvalue weighted by Gasteiger charge is 2.31. The Kier molecular flexibility index (Phi) is 5.44. The monoisotopic (exact) mass is 364 g/mol. The lowest BCUT2D eigenvalue weighted by molar-refractivity contribution is 0.0526. The summed E-state index contributed by atoms with van der Waals surface area (Å²) in [6, 6.07) is 13.8. The van der Waals surface area contributed by atoms with Crippen LogP contribution >= 0.6 is 11.8 Å². The molecule has 0 bridgehead atoms. The molecule has 0 fully saturated rings. The van der Waals surface area contributed by atoms with E-state index in [1.165, 1.54) is 16.9 Å². The number of rotatable bonds is 2. The second-order valence-electron chi connectivity index (χ2n) is 7.28. The van der Waals surface area contributed by atoms with Crippen LogP contribution in [0.5, 0.6) is 0 Å². The van der Waals surface area contributed by atoms with Gasteiger partial charge < -0.3 is 4.74 Å². The minimum absolute atomic E-state index is 0.180. The Hall–Kier alpha value is -2.18. The predicted octanol–water partition coefficient (Wildman–Crippen LogP) is 5.43. The summed E-state index contributed by atoms with van der Waals surface area (Å²) in [5.41, 5.74) is 4.04. The van der Waals surface area contributed by atoms with Crippen molar-refractivity contribution >= 4 is 17.7 Å². The average molecular weight is 365 g/mol. The third-order valence-corrected chi connectivity index (χ3v) is 5.76. The third kappa shape index (κ3) is 4.14. The molecule has 3 rings (SSSR count). The van der Waals surface area contributed by atoms with Gasteiger partial charge >= 0.3 is 5.97 Å². The van der Waals surface area contributed by atoms with Gasteiger partial charge in [0.2, 0.25) is 0 Å². The van der Waals surface area contributed by atoms with Crippen LogP contribution in [0.4, 0.5) is 0 Å². The van der Waals surface area contributed by atoms with Crippen molar-refractivity contribution in [2.24, 2.45) is 0 Å². The van der Waals surface area contributed by atoms with Gasteiger partial charge in [-0.2, -0.15) is 0 Å². The number of carbonyl (C=O) groups excluding carboxylic acids is 1. The Morgan fingerprint density at radius 3 is 2.50 bits per heavy atom. The largest absolute Gasteiger partial charge is 0.462 e. The summed E-state index contributed by atoms with van der Waals surface area (Å²) in [6.45, 7) is 9.10. The maximum atomic E-state index is 11.7. The highest BCUT2D eigenvalue weighted by Crippen LogP contribution is 2.45. The SMILES string of the molecule is CCOC(=O)c1ccc(C#Cc2ccc3c(c2)C(C)(C)CC(C)S3)cc1. The Balaban J connectivity index is 1.82. The van der Waals surface area contributed by atoms with Crippen molar-refractivity contribution in [3.63, 3.8) is 0 Å². The second-order valence-corrected chi connectivity index (χ2v) is 8.76. The van der Waals surface area contributed by atoms with E-state index in [0.29, 0.717) is 17.4 Å². The zero-order chi connectivity index (χ0) is 18.7. The first-order chi connectivity index (χ1) is 12.4. The summed E-state index contributed by atoms with van der Waals surface area (Å²) in [5.74, 6) is 6.16. The third-order valence-electron chi connectivity index (χ3n) is 4.58. The lowest BCUT2D eigenvalue weighted by atomic mass is 9.79. The van der Waals surface area contributed by atoms with E-state index in [1.54, 1.807) is 19.1 Å². The van der Waals surface area contributed by atoms with Crippen LogP contribution in [0.2, 0.25) is 0 Å². The van der Waals surface area contributed by atoms with Gasteiger partial charge in [-0.1, -0.05) is 32.6 Å². The van der Waals surface area contributed by atoms with Gasteiger partial charge in [-0.15, -0.1) is 11.8 Å². The first-order valence-electron chi connectivity index (χ1n) is 8.99. The molecule has 3 heteroatoms.